The minimum Gasteiger partial charge on any atom is -0.326 e. The van der Waals surface area contributed by atoms with Gasteiger partial charge in [-0.2, -0.15) is 0 Å². The molecule has 3 amide bonds. The molecule has 0 spiro atoms. The van der Waals surface area contributed by atoms with Crippen molar-refractivity contribution in [1.29, 1.82) is 0 Å². The molecule has 1 unspecified atom stereocenters. The number of likely N-dealkylation sites (tertiary alicyclic amines) is 1. The number of carbonyl (C=O) groups excluding carboxylic acids is 3. The number of nitrogens with zero attached hydrogens (tertiary/aromatic N) is 2. The van der Waals surface area contributed by atoms with Crippen LogP contribution in [0.1, 0.15) is 30.3 Å². The SMILES string of the molecule is CC(=O)Nc1cccc(NC(=O)C2CCCN(CC(=O)Nc3nc(C)c(C)s3)C2)c1. The Morgan fingerprint density at radius 2 is 1.90 bits per heavy atom. The van der Waals surface area contributed by atoms with E-state index in [9.17, 15) is 14.4 Å². The molecule has 3 rings (SSSR count). The molecule has 1 aliphatic heterocycles. The number of piperidine rings is 1. The summed E-state index contributed by atoms with van der Waals surface area (Å²) in [5.41, 5.74) is 2.19. The van der Waals surface area contributed by atoms with E-state index in [1.165, 1.54) is 18.3 Å². The normalized spacial score (nSPS) is 16.7. The van der Waals surface area contributed by atoms with E-state index >= 15 is 0 Å². The molecule has 1 aromatic heterocycles. The zero-order chi connectivity index (χ0) is 21.7. The van der Waals surface area contributed by atoms with Crippen LogP contribution in [0, 0.1) is 19.8 Å². The van der Waals surface area contributed by atoms with Gasteiger partial charge in [0.1, 0.15) is 0 Å². The summed E-state index contributed by atoms with van der Waals surface area (Å²) in [5.74, 6) is -0.554. The molecule has 160 valence electrons. The van der Waals surface area contributed by atoms with Gasteiger partial charge in [0.2, 0.25) is 17.7 Å². The summed E-state index contributed by atoms with van der Waals surface area (Å²) < 4.78 is 0. The predicted octanol–water partition coefficient (Wildman–Crippen LogP) is 3.01. The van der Waals surface area contributed by atoms with Gasteiger partial charge in [-0.3, -0.25) is 19.3 Å². The lowest BCUT2D eigenvalue weighted by molar-refractivity contribution is -0.123. The Morgan fingerprint density at radius 1 is 1.17 bits per heavy atom. The minimum atomic E-state index is -0.194. The number of carbonyl (C=O) groups is 3. The number of hydrogen-bond donors (Lipinski definition) is 3. The predicted molar refractivity (Wildman–Crippen MR) is 119 cm³/mol. The number of hydrogen-bond acceptors (Lipinski definition) is 6. The molecular formula is C21H27N5O3S. The molecule has 0 aliphatic carbocycles. The summed E-state index contributed by atoms with van der Waals surface area (Å²) in [6.45, 7) is 6.88. The molecule has 2 aromatic rings. The number of rotatable bonds is 6. The van der Waals surface area contributed by atoms with Crippen LogP contribution in [-0.2, 0) is 14.4 Å². The largest absolute Gasteiger partial charge is 0.326 e. The molecule has 0 saturated carbocycles. The number of thiazole rings is 1. The smallest absolute Gasteiger partial charge is 0.240 e. The maximum atomic E-state index is 12.7. The van der Waals surface area contributed by atoms with E-state index in [1.807, 2.05) is 18.7 Å². The van der Waals surface area contributed by atoms with Crippen molar-refractivity contribution < 1.29 is 14.4 Å². The Kier molecular flexibility index (Phi) is 7.17. The summed E-state index contributed by atoms with van der Waals surface area (Å²) in [6.07, 6.45) is 1.63. The number of benzene rings is 1. The molecule has 1 aliphatic rings. The van der Waals surface area contributed by atoms with Crippen molar-refractivity contribution in [3.05, 3.63) is 34.8 Å². The third-order valence-corrected chi connectivity index (χ3v) is 5.96. The maximum absolute atomic E-state index is 12.7. The van der Waals surface area contributed by atoms with Crippen molar-refractivity contribution in [2.24, 2.45) is 5.92 Å². The number of aromatic nitrogens is 1. The standard InChI is InChI=1S/C21H27N5O3S/c1-13-14(2)30-21(22-13)25-19(28)12-26-9-5-6-16(11-26)20(29)24-18-8-4-7-17(10-18)23-15(3)27/h4,7-8,10,16H,5-6,9,11-12H2,1-3H3,(H,23,27)(H,24,29)(H,22,25,28). The van der Waals surface area contributed by atoms with Gasteiger partial charge in [-0.25, -0.2) is 4.98 Å². The van der Waals surface area contributed by atoms with Gasteiger partial charge in [-0.15, -0.1) is 11.3 Å². The van der Waals surface area contributed by atoms with E-state index in [4.69, 9.17) is 0 Å². The molecule has 0 bridgehead atoms. The van der Waals surface area contributed by atoms with Gasteiger partial charge >= 0.3 is 0 Å². The molecule has 3 N–H and O–H groups in total. The monoisotopic (exact) mass is 429 g/mol. The third-order valence-electron chi connectivity index (χ3n) is 4.97. The Hall–Kier alpha value is -2.78. The number of amides is 3. The molecule has 1 atom stereocenters. The van der Waals surface area contributed by atoms with Crippen LogP contribution in [0.2, 0.25) is 0 Å². The maximum Gasteiger partial charge on any atom is 0.240 e. The average Bonchev–Trinajstić information content (AvgIpc) is 2.98. The summed E-state index contributed by atoms with van der Waals surface area (Å²) in [4.78, 5) is 43.7. The van der Waals surface area contributed by atoms with Crippen LogP contribution in [-0.4, -0.2) is 47.2 Å². The summed E-state index contributed by atoms with van der Waals surface area (Å²) in [5, 5.41) is 9.09. The highest BCUT2D eigenvalue weighted by Crippen LogP contribution is 2.22. The first kappa shape index (κ1) is 21.9. The highest BCUT2D eigenvalue weighted by Gasteiger charge is 2.27. The lowest BCUT2D eigenvalue weighted by atomic mass is 9.97. The lowest BCUT2D eigenvalue weighted by Gasteiger charge is -2.31. The summed E-state index contributed by atoms with van der Waals surface area (Å²) >= 11 is 1.46. The van der Waals surface area contributed by atoms with E-state index in [0.29, 0.717) is 23.1 Å². The molecular weight excluding hydrogens is 402 g/mol. The third kappa shape index (κ3) is 6.11. The fraction of sp³-hybridized carbons (Fsp3) is 0.429. The van der Waals surface area contributed by atoms with Crippen molar-refractivity contribution in [3.8, 4) is 0 Å². The van der Waals surface area contributed by atoms with Gasteiger partial charge in [0.25, 0.3) is 0 Å². The Labute approximate surface area is 180 Å². The van der Waals surface area contributed by atoms with Crippen molar-refractivity contribution in [2.75, 3.05) is 35.6 Å². The van der Waals surface area contributed by atoms with Crippen molar-refractivity contribution in [2.45, 2.75) is 33.6 Å². The molecule has 1 aromatic carbocycles. The van der Waals surface area contributed by atoms with Crippen LogP contribution >= 0.6 is 11.3 Å². The van der Waals surface area contributed by atoms with Gasteiger partial charge in [0.05, 0.1) is 18.2 Å². The van der Waals surface area contributed by atoms with Crippen LogP contribution in [0.3, 0.4) is 0 Å². The van der Waals surface area contributed by atoms with E-state index in [0.717, 1.165) is 30.0 Å². The second kappa shape index (κ2) is 9.82. The Morgan fingerprint density at radius 3 is 2.57 bits per heavy atom. The Bertz CT molecular complexity index is 923. The van der Waals surface area contributed by atoms with Crippen molar-refractivity contribution in [3.63, 3.8) is 0 Å². The fourth-order valence-electron chi connectivity index (χ4n) is 3.42. The highest BCUT2D eigenvalue weighted by atomic mass is 32.1. The van der Waals surface area contributed by atoms with Crippen LogP contribution in [0.5, 0.6) is 0 Å². The molecule has 8 nitrogen and oxygen atoms in total. The van der Waals surface area contributed by atoms with Gasteiger partial charge < -0.3 is 16.0 Å². The van der Waals surface area contributed by atoms with E-state index < -0.39 is 0 Å². The second-order valence-corrected chi connectivity index (χ2v) is 8.74. The minimum absolute atomic E-state index is 0.0775. The molecule has 9 heteroatoms. The van der Waals surface area contributed by atoms with E-state index in [2.05, 4.69) is 20.9 Å². The second-order valence-electron chi connectivity index (χ2n) is 7.53. The first-order valence-electron chi connectivity index (χ1n) is 9.95. The van der Waals surface area contributed by atoms with Gasteiger partial charge in [0.15, 0.2) is 5.13 Å². The quantitative estimate of drug-likeness (QED) is 0.655. The van der Waals surface area contributed by atoms with Gasteiger partial charge in [-0.05, 0) is 51.4 Å². The molecule has 1 saturated heterocycles. The molecule has 30 heavy (non-hydrogen) atoms. The zero-order valence-electron chi connectivity index (χ0n) is 17.4. The first-order valence-corrected chi connectivity index (χ1v) is 10.8. The molecule has 2 heterocycles. The Balaban J connectivity index is 1.53. The van der Waals surface area contributed by atoms with Crippen LogP contribution in [0.25, 0.3) is 0 Å². The van der Waals surface area contributed by atoms with Gasteiger partial charge in [-0.1, -0.05) is 6.07 Å². The molecule has 1 fully saturated rings. The topological polar surface area (TPSA) is 103 Å². The van der Waals surface area contributed by atoms with Crippen LogP contribution < -0.4 is 16.0 Å². The van der Waals surface area contributed by atoms with E-state index in [1.54, 1.807) is 24.3 Å². The molecule has 0 radical (unpaired) electrons. The van der Waals surface area contributed by atoms with Crippen molar-refractivity contribution >= 4 is 45.6 Å². The van der Waals surface area contributed by atoms with Crippen LogP contribution in [0.15, 0.2) is 24.3 Å². The lowest BCUT2D eigenvalue weighted by Crippen LogP contribution is -2.44. The van der Waals surface area contributed by atoms with E-state index in [-0.39, 0.29) is 30.2 Å². The van der Waals surface area contributed by atoms with Crippen LogP contribution in [0.4, 0.5) is 16.5 Å². The average molecular weight is 430 g/mol. The summed E-state index contributed by atoms with van der Waals surface area (Å²) in [7, 11) is 0. The number of anilines is 3. The highest BCUT2D eigenvalue weighted by molar-refractivity contribution is 7.15. The first-order chi connectivity index (χ1) is 14.3. The number of nitrogens with one attached hydrogen (secondary N) is 3. The van der Waals surface area contributed by atoms with Crippen molar-refractivity contribution in [1.82, 2.24) is 9.88 Å². The zero-order valence-corrected chi connectivity index (χ0v) is 18.3. The fourth-order valence-corrected chi connectivity index (χ4v) is 4.25. The summed E-state index contributed by atoms with van der Waals surface area (Å²) in [6, 6.07) is 7.06. The van der Waals surface area contributed by atoms with Gasteiger partial charge in [0, 0.05) is 29.7 Å². The number of aryl methyl sites for hydroxylation is 2.